The predicted octanol–water partition coefficient (Wildman–Crippen LogP) is -1.17. The lowest BCUT2D eigenvalue weighted by Gasteiger charge is -2.40. The summed E-state index contributed by atoms with van der Waals surface area (Å²) in [4.78, 5) is 10.2. The van der Waals surface area contributed by atoms with Crippen molar-refractivity contribution in [1.82, 2.24) is 21.9 Å². The van der Waals surface area contributed by atoms with Crippen LogP contribution in [0.2, 0.25) is 0 Å². The van der Waals surface area contributed by atoms with E-state index in [1.165, 1.54) is 0 Å². The van der Waals surface area contributed by atoms with E-state index in [0.29, 0.717) is 36.0 Å². The SMILES string of the molecule is CC1C2NONC2C(C)C2NONC12. The van der Waals surface area contributed by atoms with Crippen molar-refractivity contribution >= 4 is 0 Å². The summed E-state index contributed by atoms with van der Waals surface area (Å²) < 4.78 is 0. The maximum absolute atomic E-state index is 5.10. The van der Waals surface area contributed by atoms with E-state index >= 15 is 0 Å². The highest BCUT2D eigenvalue weighted by Gasteiger charge is 2.52. The first-order valence-corrected chi connectivity index (χ1v) is 5.13. The van der Waals surface area contributed by atoms with Gasteiger partial charge in [-0.15, -0.1) is 0 Å². The third-order valence-electron chi connectivity index (χ3n) is 3.82. The molecule has 0 spiro atoms. The molecule has 6 nitrogen and oxygen atoms in total. The van der Waals surface area contributed by atoms with Gasteiger partial charge in [0.2, 0.25) is 0 Å². The molecule has 80 valence electrons. The van der Waals surface area contributed by atoms with Gasteiger partial charge in [0.05, 0.1) is 24.2 Å². The summed E-state index contributed by atoms with van der Waals surface area (Å²) in [5, 5.41) is 0. The van der Waals surface area contributed by atoms with E-state index in [4.69, 9.17) is 9.88 Å². The molecule has 3 fully saturated rings. The molecule has 0 aromatic heterocycles. The van der Waals surface area contributed by atoms with E-state index in [1.54, 1.807) is 0 Å². The summed E-state index contributed by atoms with van der Waals surface area (Å²) >= 11 is 0. The van der Waals surface area contributed by atoms with Crippen LogP contribution >= 0.6 is 0 Å². The Labute approximate surface area is 82.5 Å². The average Bonchev–Trinajstić information content (AvgIpc) is 2.82. The van der Waals surface area contributed by atoms with Crippen LogP contribution in [-0.2, 0) is 9.88 Å². The van der Waals surface area contributed by atoms with Crippen molar-refractivity contribution in [2.24, 2.45) is 11.8 Å². The normalized spacial score (nSPS) is 57.0. The second-order valence-corrected chi connectivity index (χ2v) is 4.50. The molecule has 0 amide bonds. The lowest BCUT2D eigenvalue weighted by atomic mass is 9.71. The van der Waals surface area contributed by atoms with Crippen LogP contribution in [0, 0.1) is 11.8 Å². The minimum Gasteiger partial charge on any atom is -0.213 e. The molecule has 6 heteroatoms. The van der Waals surface area contributed by atoms with Gasteiger partial charge in [-0.2, -0.15) is 21.9 Å². The Balaban J connectivity index is 1.88. The number of hydroxylamine groups is 4. The van der Waals surface area contributed by atoms with Crippen LogP contribution in [0.25, 0.3) is 0 Å². The molecular formula is C8H16N4O2. The van der Waals surface area contributed by atoms with Gasteiger partial charge in [0, 0.05) is 0 Å². The quantitative estimate of drug-likeness (QED) is 0.395. The molecule has 2 saturated heterocycles. The van der Waals surface area contributed by atoms with Crippen molar-refractivity contribution in [3.63, 3.8) is 0 Å². The summed E-state index contributed by atoms with van der Waals surface area (Å²) in [6.45, 7) is 4.40. The van der Waals surface area contributed by atoms with Crippen LogP contribution in [-0.4, -0.2) is 24.2 Å². The standard InChI is InChI=1S/C8H16N4O2/c1-3-5-7(11-13-9-5)4(2)8-6(3)10-14-12-8/h3-12H,1-2H3. The lowest BCUT2D eigenvalue weighted by molar-refractivity contribution is -0.0113. The van der Waals surface area contributed by atoms with Crippen LogP contribution in [0.5, 0.6) is 0 Å². The fourth-order valence-corrected chi connectivity index (χ4v) is 2.82. The molecule has 0 aromatic rings. The van der Waals surface area contributed by atoms with E-state index in [1.807, 2.05) is 0 Å². The van der Waals surface area contributed by atoms with Gasteiger partial charge < -0.3 is 0 Å². The predicted molar refractivity (Wildman–Crippen MR) is 48.2 cm³/mol. The van der Waals surface area contributed by atoms with E-state index in [2.05, 4.69) is 35.8 Å². The first-order valence-electron chi connectivity index (χ1n) is 5.13. The van der Waals surface area contributed by atoms with Crippen molar-refractivity contribution in [2.75, 3.05) is 0 Å². The Bertz CT molecular complexity index is 195. The van der Waals surface area contributed by atoms with Crippen LogP contribution in [0.1, 0.15) is 13.8 Å². The van der Waals surface area contributed by atoms with Gasteiger partial charge in [0.25, 0.3) is 0 Å². The fraction of sp³-hybridized carbons (Fsp3) is 1.00. The second-order valence-electron chi connectivity index (χ2n) is 4.50. The largest absolute Gasteiger partial charge is 0.213 e. The molecule has 4 atom stereocenters. The molecule has 3 rings (SSSR count). The molecule has 1 saturated carbocycles. The number of fused-ring (bicyclic) bond motifs is 2. The highest BCUT2D eigenvalue weighted by molar-refractivity contribution is 5.06. The lowest BCUT2D eigenvalue weighted by Crippen LogP contribution is -2.62. The Morgan fingerprint density at radius 3 is 1.21 bits per heavy atom. The first-order chi connectivity index (χ1) is 6.79. The minimum atomic E-state index is 0.349. The number of nitrogens with one attached hydrogen (secondary N) is 4. The second kappa shape index (κ2) is 3.13. The van der Waals surface area contributed by atoms with Gasteiger partial charge >= 0.3 is 0 Å². The Hall–Kier alpha value is -0.240. The molecule has 0 aromatic carbocycles. The third kappa shape index (κ3) is 1.06. The molecule has 0 bridgehead atoms. The van der Waals surface area contributed by atoms with Gasteiger partial charge in [-0.1, -0.05) is 13.8 Å². The molecule has 2 aliphatic heterocycles. The third-order valence-corrected chi connectivity index (χ3v) is 3.82. The van der Waals surface area contributed by atoms with Crippen LogP contribution in [0.4, 0.5) is 0 Å². The Kier molecular flexibility index (Phi) is 2.01. The van der Waals surface area contributed by atoms with E-state index < -0.39 is 0 Å². The molecule has 14 heavy (non-hydrogen) atoms. The van der Waals surface area contributed by atoms with Crippen LogP contribution in [0.15, 0.2) is 0 Å². The van der Waals surface area contributed by atoms with Crippen molar-refractivity contribution in [2.45, 2.75) is 38.0 Å². The summed E-state index contributed by atoms with van der Waals surface area (Å²) in [7, 11) is 0. The maximum atomic E-state index is 5.10. The summed E-state index contributed by atoms with van der Waals surface area (Å²) in [5.41, 5.74) is 12.1. The zero-order valence-electron chi connectivity index (χ0n) is 8.28. The van der Waals surface area contributed by atoms with E-state index in [-0.39, 0.29) is 0 Å². The van der Waals surface area contributed by atoms with Crippen molar-refractivity contribution < 1.29 is 9.88 Å². The van der Waals surface area contributed by atoms with Gasteiger partial charge in [0.15, 0.2) is 0 Å². The topological polar surface area (TPSA) is 66.6 Å². The highest BCUT2D eigenvalue weighted by atomic mass is 16.8. The summed E-state index contributed by atoms with van der Waals surface area (Å²) in [6, 6.07) is 1.40. The zero-order chi connectivity index (χ0) is 9.71. The molecule has 1 aliphatic carbocycles. The molecule has 4 unspecified atom stereocenters. The van der Waals surface area contributed by atoms with Gasteiger partial charge in [-0.3, -0.25) is 0 Å². The molecule has 0 radical (unpaired) electrons. The van der Waals surface area contributed by atoms with Gasteiger partial charge in [0.1, 0.15) is 0 Å². The number of hydrogen-bond donors (Lipinski definition) is 4. The number of hydrogen-bond acceptors (Lipinski definition) is 6. The monoisotopic (exact) mass is 200 g/mol. The van der Waals surface area contributed by atoms with Crippen LogP contribution < -0.4 is 21.9 Å². The van der Waals surface area contributed by atoms with Crippen molar-refractivity contribution in [3.8, 4) is 0 Å². The highest BCUT2D eigenvalue weighted by Crippen LogP contribution is 2.33. The van der Waals surface area contributed by atoms with E-state index in [0.717, 1.165) is 0 Å². The number of rotatable bonds is 0. The maximum Gasteiger partial charge on any atom is 0.0563 e. The summed E-state index contributed by atoms with van der Waals surface area (Å²) in [6.07, 6.45) is 0. The Morgan fingerprint density at radius 1 is 0.643 bits per heavy atom. The fourth-order valence-electron chi connectivity index (χ4n) is 2.82. The van der Waals surface area contributed by atoms with Gasteiger partial charge in [-0.05, 0) is 11.8 Å². The molecule has 3 aliphatic rings. The van der Waals surface area contributed by atoms with Gasteiger partial charge in [-0.25, -0.2) is 9.88 Å². The molecule has 4 N–H and O–H groups in total. The Morgan fingerprint density at radius 2 is 0.929 bits per heavy atom. The van der Waals surface area contributed by atoms with Crippen molar-refractivity contribution in [3.05, 3.63) is 0 Å². The molecule has 2 heterocycles. The first kappa shape index (κ1) is 9.02. The minimum absolute atomic E-state index is 0.349. The zero-order valence-corrected chi connectivity index (χ0v) is 8.28. The molecular weight excluding hydrogens is 184 g/mol. The van der Waals surface area contributed by atoms with Crippen molar-refractivity contribution in [1.29, 1.82) is 0 Å². The van der Waals surface area contributed by atoms with Crippen LogP contribution in [0.3, 0.4) is 0 Å². The average molecular weight is 200 g/mol. The van der Waals surface area contributed by atoms with E-state index in [9.17, 15) is 0 Å². The smallest absolute Gasteiger partial charge is 0.0563 e. The summed E-state index contributed by atoms with van der Waals surface area (Å²) in [5.74, 6) is 0.928.